The Morgan fingerprint density at radius 3 is 2.16 bits per heavy atom. The highest BCUT2D eigenvalue weighted by Gasteiger charge is 2.18. The van der Waals surface area contributed by atoms with Gasteiger partial charge in [-0.25, -0.2) is 0 Å². The van der Waals surface area contributed by atoms with Crippen LogP contribution < -0.4 is 14.8 Å². The van der Waals surface area contributed by atoms with E-state index in [4.69, 9.17) is 9.47 Å². The molecule has 6 heteroatoms. The smallest absolute Gasteiger partial charge is 0.262 e. The van der Waals surface area contributed by atoms with Crippen LogP contribution >= 0.6 is 11.8 Å². The number of benzene rings is 2. The summed E-state index contributed by atoms with van der Waals surface area (Å²) in [5, 5.41) is 2.99. The van der Waals surface area contributed by atoms with E-state index in [-0.39, 0.29) is 17.9 Å². The summed E-state index contributed by atoms with van der Waals surface area (Å²) in [4.78, 5) is 16.4. The van der Waals surface area contributed by atoms with Gasteiger partial charge < -0.3 is 19.7 Å². The van der Waals surface area contributed by atoms with Crippen LogP contribution in [0.3, 0.4) is 0 Å². The molecule has 0 radical (unpaired) electrons. The molecule has 0 aromatic heterocycles. The SMILES string of the molecule is CCCCCCCCCCCCCCOc1cc(C(C)(C)C)ccc1OCC(=O)Nc1cccc(CN2C=C(C)SC2)c1. The van der Waals surface area contributed by atoms with Crippen LogP contribution in [0.25, 0.3) is 0 Å². The lowest BCUT2D eigenvalue weighted by molar-refractivity contribution is -0.118. The van der Waals surface area contributed by atoms with E-state index >= 15 is 0 Å². The number of nitrogens with zero attached hydrogens (tertiary/aromatic N) is 1. The largest absolute Gasteiger partial charge is 0.490 e. The maximum absolute atomic E-state index is 12.8. The number of hydrogen-bond donors (Lipinski definition) is 1. The summed E-state index contributed by atoms with van der Waals surface area (Å²) in [5.41, 5.74) is 3.13. The lowest BCUT2D eigenvalue weighted by atomic mass is 9.87. The first-order valence-electron chi connectivity index (χ1n) is 16.6. The average Bonchev–Trinajstić information content (AvgIpc) is 3.38. The third-order valence-electron chi connectivity index (χ3n) is 7.84. The molecule has 2 aromatic carbocycles. The molecule has 2 aromatic rings. The van der Waals surface area contributed by atoms with E-state index < -0.39 is 0 Å². The Morgan fingerprint density at radius 2 is 1.53 bits per heavy atom. The summed E-state index contributed by atoms with van der Waals surface area (Å²) in [6.07, 6.45) is 18.0. The zero-order valence-corrected chi connectivity index (χ0v) is 28.3. The molecule has 43 heavy (non-hydrogen) atoms. The van der Waals surface area contributed by atoms with Gasteiger partial charge in [-0.15, -0.1) is 11.8 Å². The standard InChI is InChI=1S/C37H56N2O3S/c1-6-7-8-9-10-11-12-13-14-15-16-17-23-41-35-25-32(37(3,4)5)21-22-34(35)42-28-36(40)38-33-20-18-19-31(24-33)27-39-26-30(2)43-29-39/h18-22,24-26H,6-17,23,27-29H2,1-5H3,(H,38,40). The van der Waals surface area contributed by atoms with Crippen molar-refractivity contribution in [1.29, 1.82) is 0 Å². The molecule has 0 saturated carbocycles. The van der Waals surface area contributed by atoms with E-state index in [1.807, 2.05) is 36.0 Å². The van der Waals surface area contributed by atoms with Crippen LogP contribution in [0.5, 0.6) is 11.5 Å². The van der Waals surface area contributed by atoms with Gasteiger partial charge in [0.25, 0.3) is 5.91 Å². The molecule has 3 rings (SSSR count). The van der Waals surface area contributed by atoms with Gasteiger partial charge in [0.1, 0.15) is 0 Å². The number of carbonyl (C=O) groups is 1. The van der Waals surface area contributed by atoms with Crippen molar-refractivity contribution in [2.45, 2.75) is 124 Å². The molecule has 5 nitrogen and oxygen atoms in total. The summed E-state index contributed by atoms with van der Waals surface area (Å²) in [6, 6.07) is 14.1. The van der Waals surface area contributed by atoms with E-state index in [2.05, 4.69) is 69.2 Å². The number of hydrogen-bond acceptors (Lipinski definition) is 5. The highest BCUT2D eigenvalue weighted by atomic mass is 32.2. The molecule has 1 heterocycles. The van der Waals surface area contributed by atoms with Crippen LogP contribution in [-0.4, -0.2) is 29.9 Å². The first kappa shape index (κ1) is 34.9. The van der Waals surface area contributed by atoms with Crippen LogP contribution in [0.1, 0.15) is 123 Å². The van der Waals surface area contributed by atoms with Crippen LogP contribution in [0.2, 0.25) is 0 Å². The molecule has 1 N–H and O–H groups in total. The summed E-state index contributed by atoms with van der Waals surface area (Å²) in [5.74, 6) is 2.12. The van der Waals surface area contributed by atoms with Crippen molar-refractivity contribution in [3.63, 3.8) is 0 Å². The van der Waals surface area contributed by atoms with Gasteiger partial charge in [-0.05, 0) is 59.1 Å². The second-order valence-corrected chi connectivity index (χ2v) is 14.1. The first-order valence-corrected chi connectivity index (χ1v) is 17.6. The van der Waals surface area contributed by atoms with Crippen LogP contribution in [0.15, 0.2) is 53.6 Å². The molecule has 1 aliphatic rings. The fourth-order valence-corrected chi connectivity index (χ4v) is 6.02. The van der Waals surface area contributed by atoms with Crippen molar-refractivity contribution in [3.05, 3.63) is 64.7 Å². The van der Waals surface area contributed by atoms with Gasteiger partial charge in [-0.1, -0.05) is 117 Å². The first-order chi connectivity index (χ1) is 20.7. The zero-order chi connectivity index (χ0) is 30.9. The van der Waals surface area contributed by atoms with Crippen LogP contribution in [0.4, 0.5) is 5.69 Å². The molecular weight excluding hydrogens is 552 g/mol. The lowest BCUT2D eigenvalue weighted by Gasteiger charge is -2.21. The zero-order valence-electron chi connectivity index (χ0n) is 27.5. The summed E-state index contributed by atoms with van der Waals surface area (Å²) < 4.78 is 12.2. The normalized spacial score (nSPS) is 13.2. The lowest BCUT2D eigenvalue weighted by Crippen LogP contribution is -2.21. The van der Waals surface area contributed by atoms with E-state index in [9.17, 15) is 4.79 Å². The van der Waals surface area contributed by atoms with Gasteiger partial charge in [-0.3, -0.25) is 4.79 Å². The number of allylic oxidation sites excluding steroid dienone is 1. The number of anilines is 1. The van der Waals surface area contributed by atoms with Gasteiger partial charge in [0.05, 0.1) is 12.5 Å². The van der Waals surface area contributed by atoms with Crippen molar-refractivity contribution >= 4 is 23.4 Å². The van der Waals surface area contributed by atoms with E-state index in [1.54, 1.807) is 0 Å². The number of ether oxygens (including phenoxy) is 2. The van der Waals surface area contributed by atoms with Crippen molar-refractivity contribution < 1.29 is 14.3 Å². The maximum atomic E-state index is 12.8. The molecule has 238 valence electrons. The van der Waals surface area contributed by atoms with E-state index in [0.29, 0.717) is 12.4 Å². The van der Waals surface area contributed by atoms with E-state index in [0.717, 1.165) is 35.8 Å². The maximum Gasteiger partial charge on any atom is 0.262 e. The van der Waals surface area contributed by atoms with Crippen molar-refractivity contribution in [3.8, 4) is 11.5 Å². The number of amides is 1. The molecule has 0 unspecified atom stereocenters. The van der Waals surface area contributed by atoms with Crippen molar-refractivity contribution in [2.75, 3.05) is 24.4 Å². The number of carbonyl (C=O) groups excluding carboxylic acids is 1. The average molecular weight is 609 g/mol. The van der Waals surface area contributed by atoms with Gasteiger partial charge in [-0.2, -0.15) is 0 Å². The minimum absolute atomic E-state index is 0.00270. The predicted octanol–water partition coefficient (Wildman–Crippen LogP) is 10.4. The number of unbranched alkanes of at least 4 members (excludes halogenated alkanes) is 11. The Kier molecular flexibility index (Phi) is 15.4. The Hall–Kier alpha value is -2.60. The predicted molar refractivity (Wildman–Crippen MR) is 184 cm³/mol. The molecule has 0 bridgehead atoms. The quantitative estimate of drug-likeness (QED) is 0.152. The van der Waals surface area contributed by atoms with Gasteiger partial charge >= 0.3 is 0 Å². The van der Waals surface area contributed by atoms with E-state index in [1.165, 1.54) is 81.1 Å². The molecule has 0 aliphatic carbocycles. The Morgan fingerprint density at radius 1 is 0.860 bits per heavy atom. The fourth-order valence-electron chi connectivity index (χ4n) is 5.26. The highest BCUT2D eigenvalue weighted by Crippen LogP contribution is 2.34. The monoisotopic (exact) mass is 608 g/mol. The molecular formula is C37H56N2O3S. The van der Waals surface area contributed by atoms with Crippen LogP contribution in [-0.2, 0) is 16.8 Å². The van der Waals surface area contributed by atoms with Gasteiger partial charge in [0.2, 0.25) is 0 Å². The topological polar surface area (TPSA) is 50.8 Å². The van der Waals surface area contributed by atoms with Gasteiger partial charge in [0.15, 0.2) is 18.1 Å². The molecule has 0 fully saturated rings. The summed E-state index contributed by atoms with van der Waals surface area (Å²) in [6.45, 7) is 12.4. The number of nitrogens with one attached hydrogen (secondary N) is 1. The Labute approximate surface area is 266 Å². The third kappa shape index (κ3) is 13.7. The fraction of sp³-hybridized carbons (Fsp3) is 0.595. The molecule has 1 amide bonds. The number of thioether (sulfide) groups is 1. The molecule has 0 spiro atoms. The minimum atomic E-state index is -0.184. The second kappa shape index (κ2) is 18.9. The van der Waals surface area contributed by atoms with Crippen molar-refractivity contribution in [1.82, 2.24) is 4.90 Å². The number of rotatable bonds is 20. The van der Waals surface area contributed by atoms with Crippen molar-refractivity contribution in [2.24, 2.45) is 0 Å². The molecule has 1 aliphatic heterocycles. The molecule has 0 atom stereocenters. The Balaban J connectivity index is 1.42. The summed E-state index contributed by atoms with van der Waals surface area (Å²) >= 11 is 1.85. The second-order valence-electron chi connectivity index (χ2n) is 12.9. The Bertz CT molecular complexity index is 1140. The molecule has 0 saturated heterocycles. The van der Waals surface area contributed by atoms with Gasteiger partial charge in [0, 0.05) is 18.4 Å². The van der Waals surface area contributed by atoms with Crippen LogP contribution in [0, 0.1) is 0 Å². The summed E-state index contributed by atoms with van der Waals surface area (Å²) in [7, 11) is 0. The third-order valence-corrected chi connectivity index (χ3v) is 8.86. The highest BCUT2D eigenvalue weighted by molar-refractivity contribution is 8.03. The minimum Gasteiger partial charge on any atom is -0.490 e.